The topological polar surface area (TPSA) is 102 Å². The number of carbonyl (C=O) groups is 1. The lowest BCUT2D eigenvalue weighted by Gasteiger charge is -2.16. The van der Waals surface area contributed by atoms with Crippen molar-refractivity contribution in [2.24, 2.45) is 0 Å². The number of hydrogen-bond acceptors (Lipinski definition) is 5. The quantitative estimate of drug-likeness (QED) is 0.761. The molecule has 0 bridgehead atoms. The van der Waals surface area contributed by atoms with Gasteiger partial charge in [-0.25, -0.2) is 4.68 Å². The maximum absolute atomic E-state index is 12.5. The van der Waals surface area contributed by atoms with Crippen molar-refractivity contribution in [1.29, 1.82) is 5.26 Å². The molecule has 0 aliphatic carbocycles. The average Bonchev–Trinajstić information content (AvgIpc) is 3.17. The molecule has 2 N–H and O–H groups in total. The summed E-state index contributed by atoms with van der Waals surface area (Å²) in [6, 6.07) is 5.97. The molecule has 0 fully saturated rings. The fourth-order valence-electron chi connectivity index (χ4n) is 3.68. The number of fused-ring (bicyclic) bond motifs is 3. The molecular formula is C18H18N6O2. The van der Waals surface area contributed by atoms with Crippen molar-refractivity contribution in [2.45, 2.75) is 20.5 Å². The number of carbonyl (C=O) groups excluding carboxylic acids is 1. The van der Waals surface area contributed by atoms with E-state index in [1.165, 1.54) is 0 Å². The molecule has 0 saturated carbocycles. The van der Waals surface area contributed by atoms with Gasteiger partial charge in [-0.1, -0.05) is 6.07 Å². The second-order valence-corrected chi connectivity index (χ2v) is 6.46. The molecule has 1 aliphatic heterocycles. The molecule has 0 radical (unpaired) electrons. The van der Waals surface area contributed by atoms with Crippen LogP contribution >= 0.6 is 0 Å². The number of benzene rings is 1. The molecule has 132 valence electrons. The lowest BCUT2D eigenvalue weighted by molar-refractivity contribution is 0.0810. The zero-order chi connectivity index (χ0) is 18.7. The van der Waals surface area contributed by atoms with E-state index in [9.17, 15) is 10.1 Å². The van der Waals surface area contributed by atoms with E-state index in [-0.39, 0.29) is 17.3 Å². The lowest BCUT2D eigenvalue weighted by atomic mass is 10.1. The van der Waals surface area contributed by atoms with Crippen molar-refractivity contribution in [3.63, 3.8) is 0 Å². The van der Waals surface area contributed by atoms with E-state index in [1.807, 2.05) is 26.0 Å². The van der Waals surface area contributed by atoms with Gasteiger partial charge in [0.25, 0.3) is 5.91 Å². The Balaban J connectivity index is 2.14. The predicted octanol–water partition coefficient (Wildman–Crippen LogP) is 1.95. The number of nitriles is 1. The van der Waals surface area contributed by atoms with Crippen molar-refractivity contribution in [2.75, 3.05) is 19.9 Å². The Morgan fingerprint density at radius 1 is 1.35 bits per heavy atom. The second kappa shape index (κ2) is 5.26. The molecule has 26 heavy (non-hydrogen) atoms. The SMILES string of the molecule is COc1ccc(C)c(-n2c(N)c(C#N)c3c4n(nc32)CN(C)C4=O)c1C. The average molecular weight is 350 g/mol. The van der Waals surface area contributed by atoms with Crippen LogP contribution in [0.15, 0.2) is 12.1 Å². The summed E-state index contributed by atoms with van der Waals surface area (Å²) in [4.78, 5) is 14.1. The number of methoxy groups -OCH3 is 1. The molecule has 3 heterocycles. The third-order valence-electron chi connectivity index (χ3n) is 4.93. The van der Waals surface area contributed by atoms with Gasteiger partial charge in [0.1, 0.15) is 35.6 Å². The third kappa shape index (κ3) is 1.82. The van der Waals surface area contributed by atoms with Crippen LogP contribution in [0.2, 0.25) is 0 Å². The van der Waals surface area contributed by atoms with Gasteiger partial charge >= 0.3 is 0 Å². The van der Waals surface area contributed by atoms with Crippen LogP contribution in [0, 0.1) is 25.2 Å². The van der Waals surface area contributed by atoms with Crippen molar-refractivity contribution in [1.82, 2.24) is 19.2 Å². The molecule has 1 aromatic carbocycles. The Hall–Kier alpha value is -3.47. The summed E-state index contributed by atoms with van der Waals surface area (Å²) in [5.74, 6) is 0.823. The molecule has 0 unspecified atom stereocenters. The number of aryl methyl sites for hydroxylation is 1. The number of rotatable bonds is 2. The van der Waals surface area contributed by atoms with Gasteiger partial charge in [0.05, 0.1) is 18.2 Å². The zero-order valence-corrected chi connectivity index (χ0v) is 15.0. The molecule has 0 saturated heterocycles. The maximum Gasteiger partial charge on any atom is 0.274 e. The Bertz CT molecular complexity index is 1130. The minimum atomic E-state index is -0.166. The smallest absolute Gasteiger partial charge is 0.274 e. The van der Waals surface area contributed by atoms with E-state index in [4.69, 9.17) is 10.5 Å². The molecule has 4 rings (SSSR count). The number of amides is 1. The third-order valence-corrected chi connectivity index (χ3v) is 4.93. The Kier molecular flexibility index (Phi) is 3.24. The van der Waals surface area contributed by atoms with E-state index in [0.29, 0.717) is 29.1 Å². The summed E-state index contributed by atoms with van der Waals surface area (Å²) in [5.41, 5.74) is 10.2. The molecule has 3 aromatic rings. The standard InChI is InChI=1S/C18H18N6O2/c1-9-5-6-12(26-4)10(2)14(9)24-16(20)11(7-19)13-15-18(25)22(3)8-23(15)21-17(13)24/h5-6H,8,20H2,1-4H3. The summed E-state index contributed by atoms with van der Waals surface area (Å²) in [6.45, 7) is 4.24. The van der Waals surface area contributed by atoms with Crippen LogP contribution in [0.5, 0.6) is 5.75 Å². The molecule has 1 aliphatic rings. The number of ether oxygens (including phenoxy) is 1. The van der Waals surface area contributed by atoms with Crippen molar-refractivity contribution >= 4 is 22.8 Å². The van der Waals surface area contributed by atoms with Crippen LogP contribution in [0.4, 0.5) is 5.82 Å². The van der Waals surface area contributed by atoms with Gasteiger partial charge in [0, 0.05) is 12.6 Å². The number of hydrogen-bond donors (Lipinski definition) is 1. The van der Waals surface area contributed by atoms with Crippen molar-refractivity contribution in [3.8, 4) is 17.5 Å². The van der Waals surface area contributed by atoms with Gasteiger partial charge in [0.15, 0.2) is 5.65 Å². The van der Waals surface area contributed by atoms with Crippen LogP contribution in [-0.4, -0.2) is 39.3 Å². The minimum Gasteiger partial charge on any atom is -0.496 e. The Morgan fingerprint density at radius 2 is 2.08 bits per heavy atom. The number of anilines is 1. The van der Waals surface area contributed by atoms with E-state index in [2.05, 4.69) is 11.2 Å². The first-order chi connectivity index (χ1) is 12.4. The van der Waals surface area contributed by atoms with Gasteiger partial charge in [-0.3, -0.25) is 9.36 Å². The van der Waals surface area contributed by atoms with E-state index in [0.717, 1.165) is 16.8 Å². The number of aromatic nitrogens is 3. The molecule has 8 heteroatoms. The first-order valence-electron chi connectivity index (χ1n) is 8.11. The molecule has 0 spiro atoms. The summed E-state index contributed by atoms with van der Waals surface area (Å²) in [6.07, 6.45) is 0. The lowest BCUT2D eigenvalue weighted by Crippen LogP contribution is -2.18. The first kappa shape index (κ1) is 16.0. The Labute approximate surface area is 150 Å². The highest BCUT2D eigenvalue weighted by Crippen LogP contribution is 2.38. The summed E-state index contributed by atoms with van der Waals surface area (Å²) in [7, 11) is 3.31. The molecule has 2 aromatic heterocycles. The highest BCUT2D eigenvalue weighted by molar-refractivity contribution is 6.09. The van der Waals surface area contributed by atoms with Crippen LogP contribution in [0.1, 0.15) is 27.2 Å². The van der Waals surface area contributed by atoms with E-state index in [1.54, 1.807) is 28.3 Å². The predicted molar refractivity (Wildman–Crippen MR) is 96.3 cm³/mol. The highest BCUT2D eigenvalue weighted by Gasteiger charge is 2.34. The number of nitrogens with zero attached hydrogens (tertiary/aromatic N) is 5. The molecule has 8 nitrogen and oxygen atoms in total. The fourth-order valence-corrected chi connectivity index (χ4v) is 3.68. The van der Waals surface area contributed by atoms with E-state index >= 15 is 0 Å². The van der Waals surface area contributed by atoms with E-state index < -0.39 is 0 Å². The van der Waals surface area contributed by atoms with Crippen LogP contribution in [-0.2, 0) is 6.67 Å². The first-order valence-corrected chi connectivity index (χ1v) is 8.11. The van der Waals surface area contributed by atoms with Gasteiger partial charge in [-0.15, -0.1) is 0 Å². The monoisotopic (exact) mass is 350 g/mol. The van der Waals surface area contributed by atoms with Gasteiger partial charge in [-0.2, -0.15) is 10.4 Å². The molecule has 1 amide bonds. The summed E-state index contributed by atoms with van der Waals surface area (Å²) in [5, 5.41) is 14.8. The number of nitrogen functional groups attached to an aromatic ring is 1. The summed E-state index contributed by atoms with van der Waals surface area (Å²) < 4.78 is 8.80. The largest absolute Gasteiger partial charge is 0.496 e. The second-order valence-electron chi connectivity index (χ2n) is 6.46. The normalized spacial score (nSPS) is 13.3. The Morgan fingerprint density at radius 3 is 2.73 bits per heavy atom. The van der Waals surface area contributed by atoms with Crippen molar-refractivity contribution in [3.05, 3.63) is 34.5 Å². The zero-order valence-electron chi connectivity index (χ0n) is 15.0. The number of nitrogens with two attached hydrogens (primary N) is 1. The molecular weight excluding hydrogens is 332 g/mol. The summed E-state index contributed by atoms with van der Waals surface area (Å²) >= 11 is 0. The van der Waals surface area contributed by atoms with Gasteiger partial charge in [0.2, 0.25) is 0 Å². The van der Waals surface area contributed by atoms with Gasteiger partial charge in [-0.05, 0) is 25.5 Å². The van der Waals surface area contributed by atoms with Crippen LogP contribution < -0.4 is 10.5 Å². The van der Waals surface area contributed by atoms with Crippen LogP contribution in [0.25, 0.3) is 16.7 Å². The molecule has 0 atom stereocenters. The van der Waals surface area contributed by atoms with Gasteiger partial charge < -0.3 is 15.4 Å². The van der Waals surface area contributed by atoms with Crippen molar-refractivity contribution < 1.29 is 9.53 Å². The van der Waals surface area contributed by atoms with Crippen LogP contribution in [0.3, 0.4) is 0 Å². The highest BCUT2D eigenvalue weighted by atomic mass is 16.5. The fraction of sp³-hybridized carbons (Fsp3) is 0.278. The minimum absolute atomic E-state index is 0.166. The maximum atomic E-state index is 12.5.